The number of esters is 1. The van der Waals surface area contributed by atoms with E-state index in [1.807, 2.05) is 6.07 Å². The third-order valence-corrected chi connectivity index (χ3v) is 10.7. The van der Waals surface area contributed by atoms with Crippen molar-refractivity contribution in [3.8, 4) is 11.5 Å². The van der Waals surface area contributed by atoms with E-state index >= 15 is 4.79 Å². The Balaban J connectivity index is 1.74. The summed E-state index contributed by atoms with van der Waals surface area (Å²) in [5.74, 6) is -1.27. The maximum atomic E-state index is 15.2. The first-order valence-corrected chi connectivity index (χ1v) is 18.2. The minimum absolute atomic E-state index is 0.0282. The molecule has 270 valence electrons. The number of hydrogen-bond acceptors (Lipinski definition) is 7. The molecule has 0 radical (unpaired) electrons. The summed E-state index contributed by atoms with van der Waals surface area (Å²) in [5.41, 5.74) is -1.01. The van der Waals surface area contributed by atoms with Crippen LogP contribution >= 0.6 is 0 Å². The number of ketones is 1. The highest BCUT2D eigenvalue weighted by Crippen LogP contribution is 2.56. The lowest BCUT2D eigenvalue weighted by atomic mass is 9.52. The van der Waals surface area contributed by atoms with Gasteiger partial charge in [-0.2, -0.15) is 0 Å². The first-order chi connectivity index (χ1) is 22.7. The molecule has 2 fully saturated rings. The maximum Gasteiger partial charge on any atom is 0.318 e. The molecule has 49 heavy (non-hydrogen) atoms. The van der Waals surface area contributed by atoms with Crippen LogP contribution in [0.3, 0.4) is 0 Å². The van der Waals surface area contributed by atoms with Crippen molar-refractivity contribution in [2.75, 3.05) is 0 Å². The van der Waals surface area contributed by atoms with Gasteiger partial charge in [-0.3, -0.25) is 14.4 Å². The van der Waals surface area contributed by atoms with E-state index in [1.54, 1.807) is 36.4 Å². The number of benzene rings is 2. The quantitative estimate of drug-likeness (QED) is 0.0680. The first kappa shape index (κ1) is 38.6. The molecule has 0 atom stereocenters. The van der Waals surface area contributed by atoms with E-state index < -0.39 is 11.4 Å². The van der Waals surface area contributed by atoms with Crippen LogP contribution in [0.4, 0.5) is 0 Å². The average molecular weight is 677 g/mol. The molecule has 2 heterocycles. The van der Waals surface area contributed by atoms with Crippen molar-refractivity contribution in [1.82, 2.24) is 10.6 Å². The van der Waals surface area contributed by atoms with Gasteiger partial charge in [0.2, 0.25) is 0 Å². The van der Waals surface area contributed by atoms with E-state index in [0.717, 1.165) is 51.4 Å². The number of phenolic OH excluding ortho intramolecular Hbond substituents is 1. The van der Waals surface area contributed by atoms with Gasteiger partial charge in [0.15, 0.2) is 5.78 Å². The predicted molar refractivity (Wildman–Crippen MR) is 194 cm³/mol. The Hall–Kier alpha value is -3.23. The number of carbonyl (C=O) groups excluding carboxylic acids is 2. The number of carboxylic acids is 1. The van der Waals surface area contributed by atoms with Crippen LogP contribution in [0.15, 0.2) is 48.5 Å². The van der Waals surface area contributed by atoms with Crippen LogP contribution in [0.1, 0.15) is 142 Å². The summed E-state index contributed by atoms with van der Waals surface area (Å²) in [6, 6.07) is 13.4. The first-order valence-electron chi connectivity index (χ1n) is 18.2. The molecular formula is C41H60N2O6. The molecule has 2 aliphatic rings. The third kappa shape index (κ3) is 9.94. The smallest absolute Gasteiger partial charge is 0.318 e. The molecule has 0 unspecified atom stereocenters. The van der Waals surface area contributed by atoms with Gasteiger partial charge in [-0.05, 0) is 118 Å². The van der Waals surface area contributed by atoms with Crippen LogP contribution in [0.2, 0.25) is 0 Å². The fourth-order valence-electron chi connectivity index (χ4n) is 9.49. The number of hydrogen-bond donors (Lipinski definition) is 4. The Labute approximate surface area is 293 Å². The molecule has 0 aromatic heterocycles. The fraction of sp³-hybridized carbons (Fsp3) is 0.634. The van der Waals surface area contributed by atoms with Crippen molar-refractivity contribution in [2.45, 2.75) is 148 Å². The molecule has 2 aliphatic heterocycles. The molecule has 0 bridgehead atoms. The van der Waals surface area contributed by atoms with Crippen molar-refractivity contribution in [3.05, 3.63) is 59.7 Å². The summed E-state index contributed by atoms with van der Waals surface area (Å²) in [7, 11) is 0. The van der Waals surface area contributed by atoms with E-state index in [2.05, 4.69) is 66.0 Å². The Kier molecular flexibility index (Phi) is 11.8. The number of unbranched alkanes of at least 4 members (excludes halogenated alkanes) is 4. The van der Waals surface area contributed by atoms with Gasteiger partial charge in [-0.15, -0.1) is 0 Å². The second kappa shape index (κ2) is 14.9. The van der Waals surface area contributed by atoms with Crippen molar-refractivity contribution < 1.29 is 29.3 Å². The van der Waals surface area contributed by atoms with Crippen LogP contribution in [0.25, 0.3) is 0 Å². The zero-order valence-electron chi connectivity index (χ0n) is 31.1. The van der Waals surface area contributed by atoms with E-state index in [9.17, 15) is 14.7 Å². The SMILES string of the molecule is CC1(C)CC(C(CCCCCCCC(=O)O)(C(=O)Oc2ccc(C(=O)c3ccccc3)c(O)c2)C2CC(C)(C)NC(C)(C)C2)CC(C)(C)N1. The molecule has 4 N–H and O–H groups in total. The summed E-state index contributed by atoms with van der Waals surface area (Å²) in [6.45, 7) is 17.7. The summed E-state index contributed by atoms with van der Waals surface area (Å²) in [4.78, 5) is 39.4. The van der Waals surface area contributed by atoms with Gasteiger partial charge in [0.25, 0.3) is 0 Å². The van der Waals surface area contributed by atoms with Gasteiger partial charge in [0, 0.05) is 40.2 Å². The molecule has 8 heteroatoms. The zero-order valence-corrected chi connectivity index (χ0v) is 31.1. The fourth-order valence-corrected chi connectivity index (χ4v) is 9.49. The van der Waals surface area contributed by atoms with Crippen molar-refractivity contribution in [3.63, 3.8) is 0 Å². The summed E-state index contributed by atoms with van der Waals surface area (Å²) in [5, 5.41) is 27.7. The van der Waals surface area contributed by atoms with Gasteiger partial charge < -0.3 is 25.6 Å². The summed E-state index contributed by atoms with van der Waals surface area (Å²) < 4.78 is 6.39. The minimum atomic E-state index is -0.817. The van der Waals surface area contributed by atoms with Gasteiger partial charge in [-0.1, -0.05) is 56.0 Å². The van der Waals surface area contributed by atoms with Gasteiger partial charge >= 0.3 is 11.9 Å². The maximum absolute atomic E-state index is 15.2. The number of rotatable bonds is 14. The Morgan fingerprint density at radius 1 is 0.735 bits per heavy atom. The number of carboxylic acid groups (broad SMARTS) is 1. The lowest BCUT2D eigenvalue weighted by molar-refractivity contribution is -0.163. The van der Waals surface area contributed by atoms with Gasteiger partial charge in [0.05, 0.1) is 11.0 Å². The van der Waals surface area contributed by atoms with Crippen LogP contribution in [0.5, 0.6) is 11.5 Å². The molecular weight excluding hydrogens is 616 g/mol. The minimum Gasteiger partial charge on any atom is -0.507 e. The Bertz CT molecular complexity index is 1410. The number of ether oxygens (including phenoxy) is 1. The lowest BCUT2D eigenvalue weighted by Gasteiger charge is -2.58. The topological polar surface area (TPSA) is 125 Å². The number of aliphatic carboxylic acids is 1. The van der Waals surface area contributed by atoms with Gasteiger partial charge in [0.1, 0.15) is 11.5 Å². The van der Waals surface area contributed by atoms with Crippen LogP contribution < -0.4 is 15.4 Å². The molecule has 2 aromatic rings. The largest absolute Gasteiger partial charge is 0.507 e. The van der Waals surface area contributed by atoms with E-state index in [1.165, 1.54) is 6.07 Å². The van der Waals surface area contributed by atoms with E-state index in [-0.39, 0.29) is 69.2 Å². The monoisotopic (exact) mass is 676 g/mol. The molecule has 0 amide bonds. The molecule has 4 rings (SSSR count). The highest BCUT2D eigenvalue weighted by molar-refractivity contribution is 6.10. The zero-order chi connectivity index (χ0) is 36.3. The number of aromatic hydroxyl groups is 1. The molecule has 0 aliphatic carbocycles. The number of carbonyl (C=O) groups is 3. The summed E-state index contributed by atoms with van der Waals surface area (Å²) in [6.07, 6.45) is 8.22. The second-order valence-corrected chi connectivity index (χ2v) is 17.5. The number of nitrogens with one attached hydrogen (secondary N) is 2. The number of phenols is 1. The van der Waals surface area contributed by atoms with Crippen LogP contribution in [-0.4, -0.2) is 50.1 Å². The lowest BCUT2D eigenvalue weighted by Crippen LogP contribution is -2.66. The Morgan fingerprint density at radius 2 is 1.22 bits per heavy atom. The molecule has 2 saturated heterocycles. The summed E-state index contributed by atoms with van der Waals surface area (Å²) >= 11 is 0. The highest BCUT2D eigenvalue weighted by atomic mass is 16.5. The van der Waals surface area contributed by atoms with Gasteiger partial charge in [-0.25, -0.2) is 0 Å². The van der Waals surface area contributed by atoms with E-state index in [0.29, 0.717) is 18.4 Å². The predicted octanol–water partition coefficient (Wildman–Crippen LogP) is 8.44. The van der Waals surface area contributed by atoms with Crippen LogP contribution in [-0.2, 0) is 9.59 Å². The Morgan fingerprint density at radius 3 is 1.71 bits per heavy atom. The molecule has 2 aromatic carbocycles. The van der Waals surface area contributed by atoms with E-state index in [4.69, 9.17) is 9.84 Å². The van der Waals surface area contributed by atoms with Crippen LogP contribution in [0, 0.1) is 17.3 Å². The molecule has 8 nitrogen and oxygen atoms in total. The second-order valence-electron chi connectivity index (χ2n) is 17.5. The standard InChI is InChI=1S/C41H60N2O6/c1-37(2)24-29(25-38(3,4)42-37)41(22-16-11-9-10-15-19-34(45)46,30-26-39(5,6)43-40(7,8)27-30)36(48)49-31-20-21-32(33(44)23-31)35(47)28-17-13-12-14-18-28/h12-14,17-18,20-21,23,29-30,42-44H,9-11,15-16,19,22,24-27H2,1-8H3,(H,45,46). The normalized spacial score (nSPS) is 20.4. The molecule has 0 saturated carbocycles. The average Bonchev–Trinajstić information content (AvgIpc) is 2.95. The third-order valence-electron chi connectivity index (χ3n) is 10.7. The van der Waals surface area contributed by atoms with Crippen molar-refractivity contribution >= 4 is 17.7 Å². The van der Waals surface area contributed by atoms with Crippen molar-refractivity contribution in [1.29, 1.82) is 0 Å². The molecule has 0 spiro atoms. The number of piperidine rings is 2. The highest BCUT2D eigenvalue weighted by Gasteiger charge is 2.59. The van der Waals surface area contributed by atoms with Crippen molar-refractivity contribution in [2.24, 2.45) is 17.3 Å².